The number of nitrogens with zero attached hydrogens (tertiary/aromatic N) is 3. The second-order valence-electron chi connectivity index (χ2n) is 5.27. The van der Waals surface area contributed by atoms with Gasteiger partial charge in [-0.3, -0.25) is 4.98 Å². The van der Waals surface area contributed by atoms with Crippen LogP contribution in [0.4, 0.5) is 0 Å². The van der Waals surface area contributed by atoms with E-state index in [1.807, 2.05) is 25.5 Å². The van der Waals surface area contributed by atoms with Crippen molar-refractivity contribution >= 4 is 20.9 Å². The molecule has 1 saturated heterocycles. The summed E-state index contributed by atoms with van der Waals surface area (Å²) in [6.07, 6.45) is 5.95. The standard InChI is InChI=1S/C13H17N3O2S/c1-15-6-4-11-3-5-14-12(13(11)15)7-10-8-16(9-10)19(2,17)18/h3-6,10H,7-9H2,1-2H3. The molecular formula is C13H17N3O2S. The quantitative estimate of drug-likeness (QED) is 0.842. The zero-order chi connectivity index (χ0) is 13.6. The molecule has 0 amide bonds. The Bertz CT molecular complexity index is 715. The van der Waals surface area contributed by atoms with Crippen LogP contribution in [-0.4, -0.2) is 41.6 Å². The smallest absolute Gasteiger partial charge is 0.211 e. The van der Waals surface area contributed by atoms with E-state index in [2.05, 4.69) is 15.6 Å². The van der Waals surface area contributed by atoms with E-state index in [9.17, 15) is 8.42 Å². The third kappa shape index (κ3) is 2.26. The van der Waals surface area contributed by atoms with Gasteiger partial charge in [-0.25, -0.2) is 12.7 Å². The highest BCUT2D eigenvalue weighted by Crippen LogP contribution is 2.25. The highest BCUT2D eigenvalue weighted by atomic mass is 32.2. The lowest BCUT2D eigenvalue weighted by atomic mass is 9.96. The van der Waals surface area contributed by atoms with E-state index in [0.29, 0.717) is 19.0 Å². The molecule has 0 bridgehead atoms. The van der Waals surface area contributed by atoms with Crippen molar-refractivity contribution in [1.29, 1.82) is 0 Å². The van der Waals surface area contributed by atoms with Gasteiger partial charge in [-0.05, 0) is 24.5 Å². The van der Waals surface area contributed by atoms with Gasteiger partial charge in [0.1, 0.15) is 0 Å². The highest BCUT2D eigenvalue weighted by Gasteiger charge is 2.33. The van der Waals surface area contributed by atoms with Crippen LogP contribution in [0.5, 0.6) is 0 Å². The van der Waals surface area contributed by atoms with Crippen molar-refractivity contribution in [3.63, 3.8) is 0 Å². The van der Waals surface area contributed by atoms with Gasteiger partial charge in [-0.1, -0.05) is 0 Å². The third-order valence-corrected chi connectivity index (χ3v) is 4.97. The van der Waals surface area contributed by atoms with E-state index in [-0.39, 0.29) is 0 Å². The molecule has 3 rings (SSSR count). The fourth-order valence-corrected chi connectivity index (χ4v) is 3.63. The minimum atomic E-state index is -3.02. The molecule has 0 aliphatic carbocycles. The Morgan fingerprint density at radius 3 is 2.79 bits per heavy atom. The maximum atomic E-state index is 11.3. The van der Waals surface area contributed by atoms with Crippen LogP contribution in [0.3, 0.4) is 0 Å². The molecule has 6 heteroatoms. The number of aromatic nitrogens is 2. The van der Waals surface area contributed by atoms with Gasteiger partial charge in [0.25, 0.3) is 0 Å². The molecule has 0 atom stereocenters. The predicted octanol–water partition coefficient (Wildman–Crippen LogP) is 1.01. The predicted molar refractivity (Wildman–Crippen MR) is 74.3 cm³/mol. The Hall–Kier alpha value is -1.40. The van der Waals surface area contributed by atoms with Crippen LogP contribution in [0.25, 0.3) is 10.9 Å². The van der Waals surface area contributed by atoms with Crippen LogP contribution >= 0.6 is 0 Å². The van der Waals surface area contributed by atoms with E-state index in [1.54, 1.807) is 0 Å². The molecule has 0 aromatic carbocycles. The molecule has 2 aromatic heterocycles. The van der Waals surface area contributed by atoms with E-state index in [4.69, 9.17) is 0 Å². The van der Waals surface area contributed by atoms with Gasteiger partial charge in [-0.15, -0.1) is 0 Å². The molecule has 2 aromatic rings. The zero-order valence-electron chi connectivity index (χ0n) is 11.1. The lowest BCUT2D eigenvalue weighted by Gasteiger charge is -2.37. The molecule has 0 unspecified atom stereocenters. The number of aryl methyl sites for hydroxylation is 1. The first-order valence-electron chi connectivity index (χ1n) is 6.29. The number of fused-ring (bicyclic) bond motifs is 1. The second-order valence-corrected chi connectivity index (χ2v) is 7.25. The van der Waals surface area contributed by atoms with E-state index < -0.39 is 10.0 Å². The zero-order valence-corrected chi connectivity index (χ0v) is 11.9. The minimum absolute atomic E-state index is 0.378. The van der Waals surface area contributed by atoms with Crippen molar-refractivity contribution in [2.45, 2.75) is 6.42 Å². The van der Waals surface area contributed by atoms with Gasteiger partial charge < -0.3 is 4.57 Å². The van der Waals surface area contributed by atoms with Gasteiger partial charge in [-0.2, -0.15) is 0 Å². The normalized spacial score (nSPS) is 17.8. The summed E-state index contributed by atoms with van der Waals surface area (Å²) < 4.78 is 26.3. The minimum Gasteiger partial charge on any atom is -0.349 e. The average Bonchev–Trinajstić information content (AvgIpc) is 2.64. The SMILES string of the molecule is Cn1ccc2ccnc(CC3CN(S(C)(=O)=O)C3)c21. The summed E-state index contributed by atoms with van der Waals surface area (Å²) in [6, 6.07) is 4.08. The second kappa shape index (κ2) is 4.31. The van der Waals surface area contributed by atoms with Crippen molar-refractivity contribution < 1.29 is 8.42 Å². The Morgan fingerprint density at radius 1 is 1.37 bits per heavy atom. The Kier molecular flexibility index (Phi) is 2.87. The van der Waals surface area contributed by atoms with E-state index >= 15 is 0 Å². The number of pyridine rings is 1. The number of hydrogen-bond donors (Lipinski definition) is 0. The molecule has 0 radical (unpaired) electrons. The van der Waals surface area contributed by atoms with Crippen molar-refractivity contribution in [2.24, 2.45) is 13.0 Å². The van der Waals surface area contributed by atoms with Crippen molar-refractivity contribution in [3.05, 3.63) is 30.2 Å². The maximum Gasteiger partial charge on any atom is 0.211 e. The van der Waals surface area contributed by atoms with Gasteiger partial charge >= 0.3 is 0 Å². The topological polar surface area (TPSA) is 55.2 Å². The molecule has 1 aliphatic heterocycles. The Balaban J connectivity index is 1.79. The summed E-state index contributed by atoms with van der Waals surface area (Å²) in [7, 11) is -1.01. The molecule has 0 N–H and O–H groups in total. The van der Waals surface area contributed by atoms with Crippen LogP contribution in [0.15, 0.2) is 24.5 Å². The summed E-state index contributed by atoms with van der Waals surface area (Å²) in [5.74, 6) is 0.378. The lowest BCUT2D eigenvalue weighted by Crippen LogP contribution is -2.50. The fraction of sp³-hybridized carbons (Fsp3) is 0.462. The molecule has 0 saturated carbocycles. The van der Waals surface area contributed by atoms with E-state index in [0.717, 1.165) is 17.6 Å². The molecule has 3 heterocycles. The number of rotatable bonds is 3. The summed E-state index contributed by atoms with van der Waals surface area (Å²) in [4.78, 5) is 4.46. The number of hydrogen-bond acceptors (Lipinski definition) is 3. The summed E-state index contributed by atoms with van der Waals surface area (Å²) in [5.41, 5.74) is 2.21. The van der Waals surface area contributed by atoms with Crippen LogP contribution in [0.1, 0.15) is 5.69 Å². The van der Waals surface area contributed by atoms with Crippen molar-refractivity contribution in [2.75, 3.05) is 19.3 Å². The molecule has 5 nitrogen and oxygen atoms in total. The van der Waals surface area contributed by atoms with Gasteiger partial charge in [0.2, 0.25) is 10.0 Å². The van der Waals surface area contributed by atoms with Crippen LogP contribution < -0.4 is 0 Å². The summed E-state index contributed by atoms with van der Waals surface area (Å²) >= 11 is 0. The summed E-state index contributed by atoms with van der Waals surface area (Å²) in [6.45, 7) is 1.22. The lowest BCUT2D eigenvalue weighted by molar-refractivity contribution is 0.200. The molecule has 1 aliphatic rings. The first-order chi connectivity index (χ1) is 8.95. The maximum absolute atomic E-state index is 11.3. The third-order valence-electron chi connectivity index (χ3n) is 3.74. The molecular weight excluding hydrogens is 262 g/mol. The largest absolute Gasteiger partial charge is 0.349 e. The van der Waals surface area contributed by atoms with Gasteiger partial charge in [0.05, 0.1) is 17.5 Å². The monoisotopic (exact) mass is 279 g/mol. The molecule has 1 fully saturated rings. The highest BCUT2D eigenvalue weighted by molar-refractivity contribution is 7.88. The van der Waals surface area contributed by atoms with Gasteiger partial charge in [0.15, 0.2) is 0 Å². The number of sulfonamides is 1. The van der Waals surface area contributed by atoms with Crippen molar-refractivity contribution in [1.82, 2.24) is 13.9 Å². The Morgan fingerprint density at radius 2 is 2.11 bits per heavy atom. The van der Waals surface area contributed by atoms with Crippen LogP contribution in [-0.2, 0) is 23.5 Å². The molecule has 19 heavy (non-hydrogen) atoms. The first kappa shape index (κ1) is 12.6. The first-order valence-corrected chi connectivity index (χ1v) is 8.14. The molecule has 102 valence electrons. The summed E-state index contributed by atoms with van der Waals surface area (Å²) in [5, 5.41) is 1.19. The van der Waals surface area contributed by atoms with E-state index in [1.165, 1.54) is 15.9 Å². The van der Waals surface area contributed by atoms with Crippen LogP contribution in [0, 0.1) is 5.92 Å². The Labute approximate surface area is 112 Å². The average molecular weight is 279 g/mol. The fourth-order valence-electron chi connectivity index (χ4n) is 2.67. The molecule has 0 spiro atoms. The van der Waals surface area contributed by atoms with Crippen LogP contribution in [0.2, 0.25) is 0 Å². The van der Waals surface area contributed by atoms with Gasteiger partial charge in [0, 0.05) is 37.9 Å². The van der Waals surface area contributed by atoms with Crippen molar-refractivity contribution in [3.8, 4) is 0 Å².